The maximum absolute atomic E-state index is 13.6. The molecule has 0 aliphatic carbocycles. The first-order chi connectivity index (χ1) is 15.8. The Morgan fingerprint density at radius 1 is 1.09 bits per heavy atom. The topological polar surface area (TPSA) is 84.4 Å². The van der Waals surface area contributed by atoms with E-state index in [2.05, 4.69) is 0 Å². The zero-order valence-corrected chi connectivity index (χ0v) is 18.4. The molecule has 2 atom stereocenters. The molecule has 2 unspecified atom stereocenters. The van der Waals surface area contributed by atoms with Crippen molar-refractivity contribution in [2.45, 2.75) is 49.9 Å². The molecule has 1 spiro atoms. The molecule has 33 heavy (non-hydrogen) atoms. The first kappa shape index (κ1) is 22.4. The molecule has 0 radical (unpaired) electrons. The van der Waals surface area contributed by atoms with Gasteiger partial charge in [-0.05, 0) is 37.0 Å². The number of halogens is 2. The lowest BCUT2D eigenvalue weighted by Crippen LogP contribution is -2.81. The van der Waals surface area contributed by atoms with E-state index in [0.29, 0.717) is 51.1 Å². The van der Waals surface area contributed by atoms with Crippen molar-refractivity contribution in [1.29, 1.82) is 0 Å². The van der Waals surface area contributed by atoms with E-state index >= 15 is 0 Å². The molecule has 4 aliphatic heterocycles. The standard InChI is InChI=1S/C23H28F2N4O4/c24-17-5-4-15(9-18(17)25)11-26-13-23(14-26)22(33)28(8-2-7-27-6-1-3-20(27)31)21(32)19-10-16(30)12-29(19)23/h4-5,9,16,19,30H,1-3,6-8,10-14H2. The Balaban J connectivity index is 1.28. The molecular weight excluding hydrogens is 434 g/mol. The average molecular weight is 462 g/mol. The van der Waals surface area contributed by atoms with Gasteiger partial charge in [-0.3, -0.25) is 29.1 Å². The molecule has 4 heterocycles. The molecule has 8 nitrogen and oxygen atoms in total. The highest BCUT2D eigenvalue weighted by Crippen LogP contribution is 2.41. The molecule has 4 fully saturated rings. The van der Waals surface area contributed by atoms with Gasteiger partial charge >= 0.3 is 0 Å². The molecule has 0 bridgehead atoms. The van der Waals surface area contributed by atoms with Gasteiger partial charge in [0.25, 0.3) is 5.91 Å². The van der Waals surface area contributed by atoms with Crippen molar-refractivity contribution in [3.8, 4) is 0 Å². The summed E-state index contributed by atoms with van der Waals surface area (Å²) in [6.45, 7) is 2.79. The van der Waals surface area contributed by atoms with E-state index in [0.717, 1.165) is 18.6 Å². The van der Waals surface area contributed by atoms with E-state index in [-0.39, 0.29) is 37.2 Å². The van der Waals surface area contributed by atoms with Crippen molar-refractivity contribution in [2.24, 2.45) is 0 Å². The smallest absolute Gasteiger partial charge is 0.252 e. The van der Waals surface area contributed by atoms with Crippen LogP contribution >= 0.6 is 0 Å². The van der Waals surface area contributed by atoms with Crippen molar-refractivity contribution in [2.75, 3.05) is 39.3 Å². The van der Waals surface area contributed by atoms with Crippen LogP contribution in [0.2, 0.25) is 0 Å². The molecule has 3 amide bonds. The Kier molecular flexibility index (Phi) is 5.70. The normalized spacial score (nSPS) is 27.5. The average Bonchev–Trinajstić information content (AvgIpc) is 3.34. The summed E-state index contributed by atoms with van der Waals surface area (Å²) in [6, 6.07) is 3.21. The third kappa shape index (κ3) is 3.83. The summed E-state index contributed by atoms with van der Waals surface area (Å²) in [6.07, 6.45) is 1.52. The molecule has 10 heteroatoms. The fraction of sp³-hybridized carbons (Fsp3) is 0.609. The number of aliphatic hydroxyl groups is 1. The zero-order valence-electron chi connectivity index (χ0n) is 18.4. The number of imide groups is 1. The highest BCUT2D eigenvalue weighted by Gasteiger charge is 2.64. The summed E-state index contributed by atoms with van der Waals surface area (Å²) < 4.78 is 26.8. The monoisotopic (exact) mass is 462 g/mol. The number of carbonyl (C=O) groups excluding carboxylic acids is 3. The molecule has 4 aliphatic rings. The molecule has 178 valence electrons. The highest BCUT2D eigenvalue weighted by atomic mass is 19.2. The van der Waals surface area contributed by atoms with Gasteiger partial charge in [0.1, 0.15) is 5.54 Å². The van der Waals surface area contributed by atoms with Crippen LogP contribution in [0.5, 0.6) is 0 Å². The number of hydrogen-bond acceptors (Lipinski definition) is 6. The van der Waals surface area contributed by atoms with Gasteiger partial charge in [0.15, 0.2) is 11.6 Å². The fourth-order valence-electron chi connectivity index (χ4n) is 5.77. The minimum absolute atomic E-state index is 0.111. The van der Waals surface area contributed by atoms with E-state index in [4.69, 9.17) is 0 Å². The predicted molar refractivity (Wildman–Crippen MR) is 113 cm³/mol. The number of hydrogen-bond donors (Lipinski definition) is 1. The van der Waals surface area contributed by atoms with Gasteiger partial charge < -0.3 is 10.0 Å². The summed E-state index contributed by atoms with van der Waals surface area (Å²) in [5.41, 5.74) is -0.300. The summed E-state index contributed by atoms with van der Waals surface area (Å²) in [7, 11) is 0. The third-order valence-corrected chi connectivity index (χ3v) is 7.36. The number of piperazine rings is 1. The molecule has 0 aromatic heterocycles. The second-order valence-electron chi connectivity index (χ2n) is 9.62. The Morgan fingerprint density at radius 2 is 1.88 bits per heavy atom. The van der Waals surface area contributed by atoms with Crippen LogP contribution in [-0.2, 0) is 20.9 Å². The van der Waals surface area contributed by atoms with Gasteiger partial charge in [-0.15, -0.1) is 0 Å². The van der Waals surface area contributed by atoms with E-state index in [1.807, 2.05) is 9.80 Å². The first-order valence-corrected chi connectivity index (χ1v) is 11.5. The number of aliphatic hydroxyl groups excluding tert-OH is 1. The van der Waals surface area contributed by atoms with Crippen molar-refractivity contribution in [3.63, 3.8) is 0 Å². The number of likely N-dealkylation sites (tertiary alicyclic amines) is 2. The number of benzene rings is 1. The minimum atomic E-state index is -0.910. The van der Waals surface area contributed by atoms with E-state index in [1.165, 1.54) is 11.0 Å². The lowest BCUT2D eigenvalue weighted by atomic mass is 9.82. The molecule has 1 aromatic rings. The maximum Gasteiger partial charge on any atom is 0.252 e. The second-order valence-corrected chi connectivity index (χ2v) is 9.62. The molecule has 4 saturated heterocycles. The Labute approximate surface area is 190 Å². The van der Waals surface area contributed by atoms with Crippen molar-refractivity contribution in [1.82, 2.24) is 19.6 Å². The minimum Gasteiger partial charge on any atom is -0.392 e. The van der Waals surface area contributed by atoms with Crippen LogP contribution in [0, 0.1) is 11.6 Å². The largest absolute Gasteiger partial charge is 0.392 e. The van der Waals surface area contributed by atoms with Gasteiger partial charge in [0, 0.05) is 52.2 Å². The van der Waals surface area contributed by atoms with E-state index < -0.39 is 29.3 Å². The second kappa shape index (κ2) is 8.41. The summed E-state index contributed by atoms with van der Waals surface area (Å²) >= 11 is 0. The van der Waals surface area contributed by atoms with E-state index in [1.54, 1.807) is 4.90 Å². The SMILES string of the molecule is O=C1CCCN1CCCN1C(=O)C2CC(O)CN2C2(CN(Cc3ccc(F)c(F)c3)C2)C1=O. The van der Waals surface area contributed by atoms with Gasteiger partial charge in [-0.2, -0.15) is 0 Å². The van der Waals surface area contributed by atoms with Crippen LogP contribution in [0.1, 0.15) is 31.2 Å². The highest BCUT2D eigenvalue weighted by molar-refractivity contribution is 6.06. The van der Waals surface area contributed by atoms with Crippen LogP contribution in [-0.4, -0.2) is 99.4 Å². The van der Waals surface area contributed by atoms with Gasteiger partial charge in [-0.1, -0.05) is 6.07 Å². The number of fused-ring (bicyclic) bond motifs is 2. The quantitative estimate of drug-likeness (QED) is 0.614. The zero-order chi connectivity index (χ0) is 23.3. The number of carbonyl (C=O) groups is 3. The third-order valence-electron chi connectivity index (χ3n) is 7.36. The Bertz CT molecular complexity index is 983. The summed E-state index contributed by atoms with van der Waals surface area (Å²) in [5, 5.41) is 10.2. The Hall–Kier alpha value is -2.43. The maximum atomic E-state index is 13.6. The first-order valence-electron chi connectivity index (χ1n) is 11.5. The summed E-state index contributed by atoms with van der Waals surface area (Å²) in [5.74, 6) is -2.26. The summed E-state index contributed by atoms with van der Waals surface area (Å²) in [4.78, 5) is 45.4. The van der Waals surface area contributed by atoms with Crippen molar-refractivity contribution < 1.29 is 28.3 Å². The molecule has 0 saturated carbocycles. The van der Waals surface area contributed by atoms with Gasteiger partial charge in [0.2, 0.25) is 11.8 Å². The van der Waals surface area contributed by atoms with Crippen LogP contribution in [0.4, 0.5) is 8.78 Å². The predicted octanol–water partition coefficient (Wildman–Crippen LogP) is 0.336. The number of rotatable bonds is 6. The lowest BCUT2D eigenvalue weighted by Gasteiger charge is -2.58. The van der Waals surface area contributed by atoms with Crippen LogP contribution in [0.3, 0.4) is 0 Å². The molecule has 5 rings (SSSR count). The van der Waals surface area contributed by atoms with Crippen LogP contribution in [0.25, 0.3) is 0 Å². The van der Waals surface area contributed by atoms with Crippen LogP contribution < -0.4 is 0 Å². The number of nitrogens with zero attached hydrogens (tertiary/aromatic N) is 4. The Morgan fingerprint density at radius 3 is 2.58 bits per heavy atom. The lowest BCUT2D eigenvalue weighted by molar-refractivity contribution is -0.180. The molecule has 1 aromatic carbocycles. The fourth-order valence-corrected chi connectivity index (χ4v) is 5.77. The molecular formula is C23H28F2N4O4. The van der Waals surface area contributed by atoms with Crippen LogP contribution in [0.15, 0.2) is 18.2 Å². The molecule has 1 N–H and O–H groups in total. The van der Waals surface area contributed by atoms with Crippen molar-refractivity contribution in [3.05, 3.63) is 35.4 Å². The van der Waals surface area contributed by atoms with Gasteiger partial charge in [-0.25, -0.2) is 8.78 Å². The van der Waals surface area contributed by atoms with Crippen molar-refractivity contribution >= 4 is 17.7 Å². The number of β-amino-alcohol motifs (C(OH)–C–C–N with tert-alkyl or cyclic N) is 1. The number of amides is 3. The van der Waals surface area contributed by atoms with E-state index in [9.17, 15) is 28.3 Å². The van der Waals surface area contributed by atoms with Gasteiger partial charge in [0.05, 0.1) is 12.1 Å².